The number of amides is 2. The second-order valence-corrected chi connectivity index (χ2v) is 7.24. The zero-order valence-electron chi connectivity index (χ0n) is 14.3. The molecular weight excluding hydrogens is 398 g/mol. The second kappa shape index (κ2) is 8.57. The Morgan fingerprint density at radius 2 is 1.89 bits per heavy atom. The number of hydrogen-bond acceptors (Lipinski definition) is 6. The summed E-state index contributed by atoms with van der Waals surface area (Å²) in [4.78, 5) is 30.5. The van der Waals surface area contributed by atoms with E-state index in [1.54, 1.807) is 42.6 Å². The number of nitrogens with zero attached hydrogens (tertiary/aromatic N) is 4. The molecule has 2 amide bonds. The average Bonchev–Trinajstić information content (AvgIpc) is 2.97. The van der Waals surface area contributed by atoms with Crippen molar-refractivity contribution in [1.29, 1.82) is 10.5 Å². The van der Waals surface area contributed by atoms with Crippen molar-refractivity contribution in [2.45, 2.75) is 11.7 Å². The third kappa shape index (κ3) is 4.15. The molecule has 0 aliphatic carbocycles. The number of halogens is 1. The Morgan fingerprint density at radius 3 is 2.54 bits per heavy atom. The molecule has 0 spiro atoms. The molecule has 1 aliphatic heterocycles. The molecule has 28 heavy (non-hydrogen) atoms. The van der Waals surface area contributed by atoms with E-state index in [4.69, 9.17) is 22.1 Å². The molecule has 1 fully saturated rings. The first kappa shape index (κ1) is 19.4. The van der Waals surface area contributed by atoms with Crippen LogP contribution in [0.1, 0.15) is 12.0 Å². The van der Waals surface area contributed by atoms with Crippen molar-refractivity contribution in [2.75, 3.05) is 4.90 Å². The van der Waals surface area contributed by atoms with Crippen molar-refractivity contribution in [2.24, 2.45) is 4.99 Å². The summed E-state index contributed by atoms with van der Waals surface area (Å²) < 4.78 is 0. The van der Waals surface area contributed by atoms with E-state index in [-0.39, 0.29) is 17.5 Å². The normalized spacial score (nSPS) is 16.6. The number of imide groups is 1. The molecule has 7 nitrogen and oxygen atoms in total. The van der Waals surface area contributed by atoms with E-state index in [0.717, 1.165) is 16.7 Å². The number of benzene rings is 2. The van der Waals surface area contributed by atoms with E-state index in [1.807, 2.05) is 6.07 Å². The Bertz CT molecular complexity index is 1040. The molecule has 0 unspecified atom stereocenters. The second-order valence-electron chi connectivity index (χ2n) is 5.64. The molecule has 0 radical (unpaired) electrons. The summed E-state index contributed by atoms with van der Waals surface area (Å²) >= 11 is 7.08. The lowest BCUT2D eigenvalue weighted by atomic mass is 10.2. The summed E-state index contributed by atoms with van der Waals surface area (Å²) in [6, 6.07) is 15.0. The largest absolute Gasteiger partial charge is 0.274 e. The monoisotopic (exact) mass is 409 g/mol. The molecule has 0 saturated carbocycles. The third-order valence-corrected chi connectivity index (χ3v) is 5.24. The molecule has 1 atom stereocenters. The molecule has 1 aliphatic rings. The Labute approximate surface area is 170 Å². The van der Waals surface area contributed by atoms with Crippen LogP contribution >= 0.6 is 23.4 Å². The number of carbonyl (C=O) groups excluding carboxylic acids is 2. The van der Waals surface area contributed by atoms with Gasteiger partial charge >= 0.3 is 0 Å². The highest BCUT2D eigenvalue weighted by atomic mass is 35.5. The predicted octanol–water partition coefficient (Wildman–Crippen LogP) is 3.34. The fourth-order valence-corrected chi connectivity index (χ4v) is 3.71. The minimum absolute atomic E-state index is 0.0296. The van der Waals surface area contributed by atoms with Crippen molar-refractivity contribution in [3.8, 4) is 12.3 Å². The van der Waals surface area contributed by atoms with Gasteiger partial charge in [-0.15, -0.1) is 0 Å². The van der Waals surface area contributed by atoms with Gasteiger partial charge in [-0.2, -0.15) is 10.5 Å². The zero-order valence-corrected chi connectivity index (χ0v) is 15.9. The lowest BCUT2D eigenvalue weighted by Gasteiger charge is -2.15. The van der Waals surface area contributed by atoms with Crippen LogP contribution in [0.2, 0.25) is 5.02 Å². The lowest BCUT2D eigenvalue weighted by molar-refractivity contribution is -0.121. The van der Waals surface area contributed by atoms with E-state index in [9.17, 15) is 9.59 Å². The maximum Gasteiger partial charge on any atom is 0.247 e. The maximum atomic E-state index is 12.8. The van der Waals surface area contributed by atoms with Crippen LogP contribution in [0.3, 0.4) is 0 Å². The first-order valence-electron chi connectivity index (χ1n) is 8.05. The number of para-hydroxylation sites is 1. The van der Waals surface area contributed by atoms with Crippen LogP contribution in [-0.2, 0) is 9.59 Å². The minimum Gasteiger partial charge on any atom is -0.274 e. The maximum absolute atomic E-state index is 12.8. The summed E-state index contributed by atoms with van der Waals surface area (Å²) in [5, 5.41) is 20.1. The van der Waals surface area contributed by atoms with Crippen molar-refractivity contribution in [3.05, 3.63) is 59.1 Å². The first-order chi connectivity index (χ1) is 13.5. The third-order valence-electron chi connectivity index (χ3n) is 3.85. The van der Waals surface area contributed by atoms with Gasteiger partial charge in [0.1, 0.15) is 5.25 Å². The number of carbonyl (C=O) groups is 2. The zero-order chi connectivity index (χ0) is 20.1. The molecule has 1 heterocycles. The van der Waals surface area contributed by atoms with Crippen LogP contribution in [0.5, 0.6) is 0 Å². The van der Waals surface area contributed by atoms with E-state index >= 15 is 0 Å². The molecule has 2 aromatic rings. The highest BCUT2D eigenvalue weighted by Gasteiger charge is 2.40. The van der Waals surface area contributed by atoms with Crippen molar-refractivity contribution >= 4 is 51.7 Å². The standard InChI is InChI=1S/C19H12ClN5O2S/c20-14-3-1-2-4-15(14)24-19(23-11-22)28-16-9-17(26)25(18(16)27)13-7-5-12(10-21)6-8-13/h1-8,16H,9H2,(H,23,24)/t16-/m1/s1. The summed E-state index contributed by atoms with van der Waals surface area (Å²) in [6.07, 6.45) is 1.75. The van der Waals surface area contributed by atoms with Crippen LogP contribution in [0, 0.1) is 22.8 Å². The van der Waals surface area contributed by atoms with Crippen molar-refractivity contribution < 1.29 is 9.59 Å². The van der Waals surface area contributed by atoms with Gasteiger partial charge in [-0.05, 0) is 36.4 Å². The van der Waals surface area contributed by atoms with E-state index in [2.05, 4.69) is 10.3 Å². The summed E-state index contributed by atoms with van der Waals surface area (Å²) in [5.41, 5.74) is 1.27. The van der Waals surface area contributed by atoms with Crippen LogP contribution < -0.4 is 10.2 Å². The van der Waals surface area contributed by atoms with Gasteiger partial charge in [-0.3, -0.25) is 14.9 Å². The molecule has 2 aromatic carbocycles. The van der Waals surface area contributed by atoms with Crippen LogP contribution in [-0.4, -0.2) is 22.2 Å². The average molecular weight is 410 g/mol. The van der Waals surface area contributed by atoms with E-state index in [1.165, 1.54) is 12.1 Å². The van der Waals surface area contributed by atoms with Crippen LogP contribution in [0.4, 0.5) is 11.4 Å². The molecule has 3 rings (SSSR count). The molecule has 9 heteroatoms. The number of anilines is 1. The SMILES string of the molecule is N#CNC(=Nc1ccccc1Cl)S[C@@H]1CC(=O)N(c2ccc(C#N)cc2)C1=O. The fraction of sp³-hybridized carbons (Fsp3) is 0.105. The van der Waals surface area contributed by atoms with Gasteiger partial charge in [0.15, 0.2) is 11.4 Å². The minimum atomic E-state index is -0.731. The quantitative estimate of drug-likeness (QED) is 0.274. The van der Waals surface area contributed by atoms with Gasteiger partial charge in [-0.1, -0.05) is 35.5 Å². The first-order valence-corrected chi connectivity index (χ1v) is 9.31. The van der Waals surface area contributed by atoms with Gasteiger partial charge in [0, 0.05) is 6.42 Å². The van der Waals surface area contributed by atoms with Crippen molar-refractivity contribution in [1.82, 2.24) is 5.32 Å². The van der Waals surface area contributed by atoms with Gasteiger partial charge in [-0.25, -0.2) is 9.89 Å². The number of rotatable bonds is 3. The number of nitriles is 2. The van der Waals surface area contributed by atoms with Crippen LogP contribution in [0.25, 0.3) is 0 Å². The van der Waals surface area contributed by atoms with E-state index in [0.29, 0.717) is 22.0 Å². The number of amidine groups is 1. The molecule has 1 N–H and O–H groups in total. The predicted molar refractivity (Wildman–Crippen MR) is 107 cm³/mol. The van der Waals surface area contributed by atoms with Crippen LogP contribution in [0.15, 0.2) is 53.5 Å². The summed E-state index contributed by atoms with van der Waals surface area (Å²) in [5.74, 6) is -0.771. The Balaban J connectivity index is 1.82. The number of hydrogen-bond donors (Lipinski definition) is 1. The lowest BCUT2D eigenvalue weighted by Crippen LogP contribution is -2.32. The number of nitrogens with one attached hydrogen (secondary N) is 1. The fourth-order valence-electron chi connectivity index (χ4n) is 2.57. The molecule has 0 aromatic heterocycles. The molecule has 0 bridgehead atoms. The highest BCUT2D eigenvalue weighted by molar-refractivity contribution is 8.15. The smallest absolute Gasteiger partial charge is 0.247 e. The van der Waals surface area contributed by atoms with Gasteiger partial charge in [0.25, 0.3) is 0 Å². The molecule has 1 saturated heterocycles. The summed E-state index contributed by atoms with van der Waals surface area (Å²) in [6.45, 7) is 0. The number of thioether (sulfide) groups is 1. The number of aliphatic imine (C=N–C) groups is 1. The molecular formula is C19H12ClN5O2S. The Morgan fingerprint density at radius 1 is 1.18 bits per heavy atom. The van der Waals surface area contributed by atoms with Gasteiger partial charge in [0.05, 0.1) is 28.0 Å². The molecule has 138 valence electrons. The topological polar surface area (TPSA) is 109 Å². The Hall–Kier alpha value is -3.33. The van der Waals surface area contributed by atoms with Crippen molar-refractivity contribution in [3.63, 3.8) is 0 Å². The Kier molecular flexibility index (Phi) is 5.95. The van der Waals surface area contributed by atoms with Gasteiger partial charge < -0.3 is 0 Å². The van der Waals surface area contributed by atoms with Gasteiger partial charge in [0.2, 0.25) is 11.8 Å². The highest BCUT2D eigenvalue weighted by Crippen LogP contribution is 2.32. The van der Waals surface area contributed by atoms with E-state index < -0.39 is 11.2 Å². The summed E-state index contributed by atoms with van der Waals surface area (Å²) in [7, 11) is 0.